The van der Waals surface area contributed by atoms with Crippen LogP contribution in [0, 0.1) is 5.82 Å². The third kappa shape index (κ3) is 6.04. The van der Waals surface area contributed by atoms with Crippen molar-refractivity contribution in [1.82, 2.24) is 10.6 Å². The third-order valence-electron chi connectivity index (χ3n) is 3.45. The predicted octanol–water partition coefficient (Wildman–Crippen LogP) is 3.32. The minimum Gasteiger partial charge on any atom is -0.350 e. The monoisotopic (exact) mass is 360 g/mol. The lowest BCUT2D eigenvalue weighted by atomic mass is 10.1. The standard InChI is InChI=1S/C19H18ClFN2O2/c1-13(10-15-4-2-3-5-17(15)21)19(25)23-12-18(24)22-11-14-6-8-16(20)9-7-14/h2-10H,11-12H2,1H3,(H,22,24)(H,23,25)/b13-10+. The maximum atomic E-state index is 13.6. The van der Waals surface area contributed by atoms with E-state index >= 15 is 0 Å². The predicted molar refractivity (Wildman–Crippen MR) is 96.4 cm³/mol. The molecule has 0 atom stereocenters. The largest absolute Gasteiger partial charge is 0.350 e. The molecule has 0 aliphatic carbocycles. The van der Waals surface area contributed by atoms with Crippen molar-refractivity contribution in [3.8, 4) is 0 Å². The van der Waals surface area contributed by atoms with Crippen LogP contribution in [0.25, 0.3) is 6.08 Å². The van der Waals surface area contributed by atoms with Gasteiger partial charge in [-0.25, -0.2) is 4.39 Å². The van der Waals surface area contributed by atoms with Gasteiger partial charge in [0.15, 0.2) is 0 Å². The van der Waals surface area contributed by atoms with E-state index in [4.69, 9.17) is 11.6 Å². The van der Waals surface area contributed by atoms with E-state index in [0.717, 1.165) is 5.56 Å². The molecule has 0 saturated carbocycles. The third-order valence-corrected chi connectivity index (χ3v) is 3.70. The van der Waals surface area contributed by atoms with Crippen LogP contribution in [0.5, 0.6) is 0 Å². The summed E-state index contributed by atoms with van der Waals surface area (Å²) in [4.78, 5) is 23.8. The molecule has 6 heteroatoms. The number of nitrogens with one attached hydrogen (secondary N) is 2. The number of benzene rings is 2. The highest BCUT2D eigenvalue weighted by Gasteiger charge is 2.08. The Morgan fingerprint density at radius 3 is 2.44 bits per heavy atom. The molecule has 0 bridgehead atoms. The van der Waals surface area contributed by atoms with Crippen LogP contribution >= 0.6 is 11.6 Å². The maximum absolute atomic E-state index is 13.6. The molecule has 0 aromatic heterocycles. The molecular formula is C19H18ClFN2O2. The van der Waals surface area contributed by atoms with Crippen molar-refractivity contribution in [3.63, 3.8) is 0 Å². The molecule has 0 saturated heterocycles. The zero-order valence-electron chi connectivity index (χ0n) is 13.7. The summed E-state index contributed by atoms with van der Waals surface area (Å²) >= 11 is 5.79. The van der Waals surface area contributed by atoms with Crippen LogP contribution < -0.4 is 10.6 Å². The Balaban J connectivity index is 1.81. The molecular weight excluding hydrogens is 343 g/mol. The summed E-state index contributed by atoms with van der Waals surface area (Å²) in [6.45, 7) is 1.75. The van der Waals surface area contributed by atoms with Crippen LogP contribution in [0.4, 0.5) is 4.39 Å². The van der Waals surface area contributed by atoms with Gasteiger partial charge in [0.25, 0.3) is 0 Å². The molecule has 4 nitrogen and oxygen atoms in total. The second-order valence-corrected chi connectivity index (χ2v) is 5.87. The molecule has 0 aliphatic rings. The average Bonchev–Trinajstić information content (AvgIpc) is 2.61. The van der Waals surface area contributed by atoms with Crippen molar-refractivity contribution >= 4 is 29.5 Å². The Hall–Kier alpha value is -2.66. The minimum absolute atomic E-state index is 0.158. The Morgan fingerprint density at radius 1 is 1.08 bits per heavy atom. The zero-order chi connectivity index (χ0) is 18.2. The second-order valence-electron chi connectivity index (χ2n) is 5.43. The quantitative estimate of drug-likeness (QED) is 0.776. The van der Waals surface area contributed by atoms with Gasteiger partial charge < -0.3 is 10.6 Å². The molecule has 2 rings (SSSR count). The molecule has 2 aromatic carbocycles. The van der Waals surface area contributed by atoms with E-state index in [1.54, 1.807) is 37.3 Å². The van der Waals surface area contributed by atoms with E-state index < -0.39 is 11.7 Å². The fourth-order valence-corrected chi connectivity index (χ4v) is 2.18. The van der Waals surface area contributed by atoms with E-state index in [-0.39, 0.29) is 12.5 Å². The van der Waals surface area contributed by atoms with Crippen molar-refractivity contribution in [2.45, 2.75) is 13.5 Å². The van der Waals surface area contributed by atoms with Crippen LogP contribution in [-0.2, 0) is 16.1 Å². The van der Waals surface area contributed by atoms with Crippen LogP contribution in [0.2, 0.25) is 5.02 Å². The van der Waals surface area contributed by atoms with E-state index in [1.165, 1.54) is 12.1 Å². The van der Waals surface area contributed by atoms with E-state index in [1.807, 2.05) is 12.1 Å². The first-order chi connectivity index (χ1) is 12.0. The molecule has 2 aromatic rings. The molecule has 25 heavy (non-hydrogen) atoms. The Morgan fingerprint density at radius 2 is 1.76 bits per heavy atom. The topological polar surface area (TPSA) is 58.2 Å². The first kappa shape index (κ1) is 18.7. The normalized spacial score (nSPS) is 11.1. The van der Waals surface area contributed by atoms with Crippen LogP contribution in [0.15, 0.2) is 54.1 Å². The molecule has 0 unspecified atom stereocenters. The van der Waals surface area contributed by atoms with Crippen molar-refractivity contribution in [2.24, 2.45) is 0 Å². The Bertz CT molecular complexity index is 788. The minimum atomic E-state index is -0.426. The number of carbonyl (C=O) groups excluding carboxylic acids is 2. The van der Waals surface area contributed by atoms with Gasteiger partial charge in [0.2, 0.25) is 11.8 Å². The number of hydrogen-bond acceptors (Lipinski definition) is 2. The van der Waals surface area contributed by atoms with Crippen LogP contribution in [0.3, 0.4) is 0 Å². The highest BCUT2D eigenvalue weighted by molar-refractivity contribution is 6.30. The SMILES string of the molecule is C/C(=C\c1ccccc1F)C(=O)NCC(=O)NCc1ccc(Cl)cc1. The lowest BCUT2D eigenvalue weighted by molar-refractivity contribution is -0.124. The summed E-state index contributed by atoms with van der Waals surface area (Å²) in [5.41, 5.74) is 1.54. The molecule has 0 fully saturated rings. The average molecular weight is 361 g/mol. The van der Waals surface area contributed by atoms with Crippen molar-refractivity contribution in [2.75, 3.05) is 6.54 Å². The Labute approximate surface area is 150 Å². The van der Waals surface area contributed by atoms with Gasteiger partial charge >= 0.3 is 0 Å². The summed E-state index contributed by atoms with van der Waals surface area (Å²) in [7, 11) is 0. The zero-order valence-corrected chi connectivity index (χ0v) is 14.4. The van der Waals surface area contributed by atoms with Gasteiger partial charge in [0, 0.05) is 22.7 Å². The van der Waals surface area contributed by atoms with Crippen molar-refractivity contribution in [3.05, 3.63) is 76.1 Å². The van der Waals surface area contributed by atoms with E-state index in [9.17, 15) is 14.0 Å². The number of hydrogen-bond donors (Lipinski definition) is 2. The van der Waals surface area contributed by atoms with Gasteiger partial charge in [-0.1, -0.05) is 41.9 Å². The summed E-state index contributed by atoms with van der Waals surface area (Å²) < 4.78 is 13.6. The summed E-state index contributed by atoms with van der Waals surface area (Å²) in [5, 5.41) is 5.82. The summed E-state index contributed by atoms with van der Waals surface area (Å²) in [5.74, 6) is -1.15. The van der Waals surface area contributed by atoms with Gasteiger partial charge in [-0.15, -0.1) is 0 Å². The molecule has 0 aliphatic heterocycles. The highest BCUT2D eigenvalue weighted by Crippen LogP contribution is 2.11. The van der Waals surface area contributed by atoms with Gasteiger partial charge in [0.1, 0.15) is 5.82 Å². The van der Waals surface area contributed by atoms with Crippen molar-refractivity contribution < 1.29 is 14.0 Å². The first-order valence-electron chi connectivity index (χ1n) is 7.68. The number of rotatable bonds is 6. The number of carbonyl (C=O) groups is 2. The Kier molecular flexibility index (Phi) is 6.71. The van der Waals surface area contributed by atoms with Gasteiger partial charge in [-0.05, 0) is 36.8 Å². The fraction of sp³-hybridized carbons (Fsp3) is 0.158. The summed E-state index contributed by atoms with van der Waals surface area (Å²) in [6, 6.07) is 13.2. The molecule has 2 N–H and O–H groups in total. The second kappa shape index (κ2) is 8.99. The van der Waals surface area contributed by atoms with Crippen LogP contribution in [0.1, 0.15) is 18.1 Å². The lowest BCUT2D eigenvalue weighted by Gasteiger charge is -2.08. The first-order valence-corrected chi connectivity index (χ1v) is 8.05. The number of halogens is 2. The van der Waals surface area contributed by atoms with Gasteiger partial charge in [-0.3, -0.25) is 9.59 Å². The molecule has 0 heterocycles. The number of amides is 2. The van der Waals surface area contributed by atoms with E-state index in [2.05, 4.69) is 10.6 Å². The van der Waals surface area contributed by atoms with Gasteiger partial charge in [0.05, 0.1) is 6.54 Å². The molecule has 130 valence electrons. The summed E-state index contributed by atoms with van der Waals surface area (Å²) in [6.07, 6.45) is 1.44. The lowest BCUT2D eigenvalue weighted by Crippen LogP contribution is -2.36. The maximum Gasteiger partial charge on any atom is 0.247 e. The fourth-order valence-electron chi connectivity index (χ4n) is 2.06. The van der Waals surface area contributed by atoms with Gasteiger partial charge in [-0.2, -0.15) is 0 Å². The smallest absolute Gasteiger partial charge is 0.247 e. The molecule has 0 radical (unpaired) electrons. The van der Waals surface area contributed by atoms with E-state index in [0.29, 0.717) is 22.7 Å². The van der Waals surface area contributed by atoms with Crippen molar-refractivity contribution in [1.29, 1.82) is 0 Å². The highest BCUT2D eigenvalue weighted by atomic mass is 35.5. The molecule has 0 spiro atoms. The molecule has 2 amide bonds. The van der Waals surface area contributed by atoms with Crippen LogP contribution in [-0.4, -0.2) is 18.4 Å².